The first-order valence-electron chi connectivity index (χ1n) is 9.35. The summed E-state index contributed by atoms with van der Waals surface area (Å²) in [5, 5.41) is 0. The highest BCUT2D eigenvalue weighted by Gasteiger charge is 2.29. The molecule has 138 valence electrons. The molecule has 0 unspecified atom stereocenters. The molecule has 6 heteroatoms. The average molecular weight is 364 g/mol. The monoisotopic (exact) mass is 363 g/mol. The van der Waals surface area contributed by atoms with Crippen molar-refractivity contribution in [1.82, 2.24) is 13.9 Å². The highest BCUT2D eigenvalue weighted by Crippen LogP contribution is 2.19. The maximum atomic E-state index is 12.5. The van der Waals surface area contributed by atoms with Crippen LogP contribution in [0.3, 0.4) is 0 Å². The molecule has 5 nitrogen and oxygen atoms in total. The normalized spacial score (nSPS) is 21.8. The summed E-state index contributed by atoms with van der Waals surface area (Å²) in [6, 6.07) is 10.4. The fourth-order valence-electron chi connectivity index (χ4n) is 3.56. The molecule has 1 aromatic rings. The molecule has 1 saturated heterocycles. The number of rotatable bonds is 6. The second-order valence-electron chi connectivity index (χ2n) is 6.97. The Morgan fingerprint density at radius 3 is 2.36 bits per heavy atom. The summed E-state index contributed by atoms with van der Waals surface area (Å²) in [4.78, 5) is 2.30. The smallest absolute Gasteiger partial charge is 0.279 e. The molecular formula is C19H29N3O2S. The van der Waals surface area contributed by atoms with E-state index >= 15 is 0 Å². The van der Waals surface area contributed by atoms with Gasteiger partial charge in [0.25, 0.3) is 10.2 Å². The van der Waals surface area contributed by atoms with Crippen molar-refractivity contribution in [3.8, 4) is 0 Å². The van der Waals surface area contributed by atoms with Gasteiger partial charge in [-0.25, -0.2) is 0 Å². The van der Waals surface area contributed by atoms with Crippen molar-refractivity contribution >= 4 is 16.3 Å². The van der Waals surface area contributed by atoms with Crippen LogP contribution in [0, 0.1) is 0 Å². The van der Waals surface area contributed by atoms with Crippen LogP contribution in [0.5, 0.6) is 0 Å². The number of piperazine rings is 1. The molecule has 0 radical (unpaired) electrons. The van der Waals surface area contributed by atoms with Gasteiger partial charge in [0.1, 0.15) is 0 Å². The first kappa shape index (κ1) is 18.6. The molecule has 0 aromatic heterocycles. The summed E-state index contributed by atoms with van der Waals surface area (Å²) in [5.74, 6) is 0. The van der Waals surface area contributed by atoms with E-state index in [-0.39, 0.29) is 6.04 Å². The lowest BCUT2D eigenvalue weighted by atomic mass is 9.96. The molecule has 2 fully saturated rings. The molecule has 1 N–H and O–H groups in total. The van der Waals surface area contributed by atoms with Gasteiger partial charge >= 0.3 is 0 Å². The lowest BCUT2D eigenvalue weighted by molar-refractivity contribution is 0.202. The quantitative estimate of drug-likeness (QED) is 0.845. The van der Waals surface area contributed by atoms with Gasteiger partial charge in [-0.05, 0) is 18.4 Å². The van der Waals surface area contributed by atoms with E-state index in [0.717, 1.165) is 45.3 Å². The highest BCUT2D eigenvalue weighted by atomic mass is 32.2. The predicted molar refractivity (Wildman–Crippen MR) is 102 cm³/mol. The third-order valence-corrected chi connectivity index (χ3v) is 6.74. The van der Waals surface area contributed by atoms with Gasteiger partial charge < -0.3 is 0 Å². The van der Waals surface area contributed by atoms with E-state index in [1.807, 2.05) is 18.2 Å². The molecule has 0 bridgehead atoms. The van der Waals surface area contributed by atoms with Crippen LogP contribution in [0.25, 0.3) is 6.08 Å². The zero-order chi connectivity index (χ0) is 17.5. The van der Waals surface area contributed by atoms with Crippen LogP contribution in [-0.4, -0.2) is 56.4 Å². The Kier molecular flexibility index (Phi) is 6.64. The van der Waals surface area contributed by atoms with Crippen molar-refractivity contribution in [1.29, 1.82) is 0 Å². The Labute approximate surface area is 151 Å². The van der Waals surface area contributed by atoms with Gasteiger partial charge in [-0.2, -0.15) is 17.4 Å². The lowest BCUT2D eigenvalue weighted by Crippen LogP contribution is -2.53. The number of benzene rings is 1. The molecular weight excluding hydrogens is 334 g/mol. The van der Waals surface area contributed by atoms with Crippen molar-refractivity contribution in [2.75, 3.05) is 32.7 Å². The molecule has 3 rings (SSSR count). The van der Waals surface area contributed by atoms with Crippen LogP contribution < -0.4 is 4.72 Å². The Bertz CT molecular complexity index is 647. The molecule has 1 aliphatic carbocycles. The van der Waals surface area contributed by atoms with E-state index in [9.17, 15) is 8.42 Å². The Balaban J connectivity index is 1.44. The predicted octanol–water partition coefficient (Wildman–Crippen LogP) is 2.48. The van der Waals surface area contributed by atoms with Crippen LogP contribution in [-0.2, 0) is 10.2 Å². The van der Waals surface area contributed by atoms with Crippen LogP contribution >= 0.6 is 0 Å². The molecule has 0 amide bonds. The molecule has 1 aromatic carbocycles. The summed E-state index contributed by atoms with van der Waals surface area (Å²) in [7, 11) is -3.33. The molecule has 1 saturated carbocycles. The Morgan fingerprint density at radius 1 is 1.00 bits per heavy atom. The molecule has 1 heterocycles. The Hall–Kier alpha value is -1.21. The van der Waals surface area contributed by atoms with E-state index < -0.39 is 10.2 Å². The summed E-state index contributed by atoms with van der Waals surface area (Å²) < 4.78 is 29.6. The van der Waals surface area contributed by atoms with Gasteiger partial charge in [-0.3, -0.25) is 4.90 Å². The van der Waals surface area contributed by atoms with E-state index in [1.165, 1.54) is 12.0 Å². The van der Waals surface area contributed by atoms with Crippen LogP contribution in [0.4, 0.5) is 0 Å². The number of nitrogens with one attached hydrogen (secondary N) is 1. The van der Waals surface area contributed by atoms with Crippen molar-refractivity contribution < 1.29 is 8.42 Å². The van der Waals surface area contributed by atoms with Gasteiger partial charge in [0, 0.05) is 38.8 Å². The van der Waals surface area contributed by atoms with Crippen molar-refractivity contribution in [2.45, 2.75) is 38.1 Å². The van der Waals surface area contributed by atoms with Gasteiger partial charge in [0.2, 0.25) is 0 Å². The fraction of sp³-hybridized carbons (Fsp3) is 0.579. The number of nitrogens with zero attached hydrogens (tertiary/aromatic N) is 2. The lowest BCUT2D eigenvalue weighted by Gasteiger charge is -2.34. The van der Waals surface area contributed by atoms with Gasteiger partial charge in [-0.15, -0.1) is 0 Å². The standard InChI is InChI=1S/C19H29N3O2S/c23-25(24,20-19-11-5-2-6-12-19)22-16-14-21(15-17-22)13-7-10-18-8-3-1-4-9-18/h1,3-4,7-10,19-20H,2,5-6,11-17H2/b10-7+. The number of hydrogen-bond acceptors (Lipinski definition) is 3. The molecule has 0 spiro atoms. The highest BCUT2D eigenvalue weighted by molar-refractivity contribution is 7.87. The largest absolute Gasteiger partial charge is 0.297 e. The topological polar surface area (TPSA) is 52.7 Å². The minimum atomic E-state index is -3.33. The van der Waals surface area contributed by atoms with E-state index in [4.69, 9.17) is 0 Å². The maximum absolute atomic E-state index is 12.5. The summed E-state index contributed by atoms with van der Waals surface area (Å²) in [6.45, 7) is 3.57. The minimum absolute atomic E-state index is 0.130. The van der Waals surface area contributed by atoms with Crippen LogP contribution in [0.15, 0.2) is 36.4 Å². The molecule has 1 aliphatic heterocycles. The summed E-state index contributed by atoms with van der Waals surface area (Å²) in [5.41, 5.74) is 1.19. The minimum Gasteiger partial charge on any atom is -0.297 e. The van der Waals surface area contributed by atoms with Crippen molar-refractivity contribution in [2.24, 2.45) is 0 Å². The fourth-order valence-corrected chi connectivity index (χ4v) is 5.01. The van der Waals surface area contributed by atoms with Gasteiger partial charge in [-0.1, -0.05) is 61.7 Å². The second-order valence-corrected chi connectivity index (χ2v) is 8.67. The first-order chi connectivity index (χ1) is 12.1. The second kappa shape index (κ2) is 8.94. The van der Waals surface area contributed by atoms with Crippen LogP contribution in [0.1, 0.15) is 37.7 Å². The van der Waals surface area contributed by atoms with E-state index in [2.05, 4.69) is 33.9 Å². The van der Waals surface area contributed by atoms with Gasteiger partial charge in [0.15, 0.2) is 0 Å². The molecule has 0 atom stereocenters. The molecule has 25 heavy (non-hydrogen) atoms. The summed E-state index contributed by atoms with van der Waals surface area (Å²) in [6.07, 6.45) is 9.72. The van der Waals surface area contributed by atoms with Gasteiger partial charge in [0.05, 0.1) is 0 Å². The maximum Gasteiger partial charge on any atom is 0.279 e. The third-order valence-electron chi connectivity index (χ3n) is 5.07. The van der Waals surface area contributed by atoms with Crippen LogP contribution in [0.2, 0.25) is 0 Å². The SMILES string of the molecule is O=S(=O)(NC1CCCCC1)N1CCN(C/C=C/c2ccccc2)CC1. The summed E-state index contributed by atoms with van der Waals surface area (Å²) >= 11 is 0. The zero-order valence-electron chi connectivity index (χ0n) is 14.8. The zero-order valence-corrected chi connectivity index (χ0v) is 15.6. The van der Waals surface area contributed by atoms with E-state index in [0.29, 0.717) is 13.1 Å². The number of hydrogen-bond donors (Lipinski definition) is 1. The van der Waals surface area contributed by atoms with Crippen molar-refractivity contribution in [3.05, 3.63) is 42.0 Å². The Morgan fingerprint density at radius 2 is 1.68 bits per heavy atom. The molecule has 2 aliphatic rings. The van der Waals surface area contributed by atoms with Crippen molar-refractivity contribution in [3.63, 3.8) is 0 Å². The first-order valence-corrected chi connectivity index (χ1v) is 10.8. The average Bonchev–Trinajstić information content (AvgIpc) is 2.64. The third kappa shape index (κ3) is 5.64. The van der Waals surface area contributed by atoms with E-state index in [1.54, 1.807) is 4.31 Å².